The monoisotopic (exact) mass is 200 g/mol. The normalized spacial score (nSPS) is 10.6. The second-order valence-electron chi connectivity index (χ2n) is 2.34. The lowest BCUT2D eigenvalue weighted by Crippen LogP contribution is -1.86. The van der Waals surface area contributed by atoms with Crippen LogP contribution >= 0.6 is 11.6 Å². The maximum Gasteiger partial charge on any atom is 0.328 e. The van der Waals surface area contributed by atoms with Crippen molar-refractivity contribution in [3.8, 4) is 0 Å². The van der Waals surface area contributed by atoms with E-state index in [9.17, 15) is 9.18 Å². The van der Waals surface area contributed by atoms with E-state index in [4.69, 9.17) is 16.7 Å². The molecule has 0 radical (unpaired) electrons. The fraction of sp³-hybridized carbons (Fsp3) is 0. The molecule has 0 saturated heterocycles. The van der Waals surface area contributed by atoms with E-state index in [2.05, 4.69) is 0 Å². The molecular weight excluding hydrogens is 195 g/mol. The van der Waals surface area contributed by atoms with Crippen LogP contribution in [0.2, 0.25) is 5.02 Å². The van der Waals surface area contributed by atoms with E-state index in [1.54, 1.807) is 0 Å². The van der Waals surface area contributed by atoms with Crippen molar-refractivity contribution < 1.29 is 14.3 Å². The molecule has 0 aliphatic carbocycles. The number of aliphatic carboxylic acids is 1. The molecule has 0 spiro atoms. The number of halogens is 2. The van der Waals surface area contributed by atoms with Gasteiger partial charge >= 0.3 is 5.97 Å². The summed E-state index contributed by atoms with van der Waals surface area (Å²) in [4.78, 5) is 10.1. The van der Waals surface area contributed by atoms with Crippen LogP contribution in [0.5, 0.6) is 0 Å². The largest absolute Gasteiger partial charge is 0.478 e. The molecule has 0 unspecified atom stereocenters. The van der Waals surface area contributed by atoms with E-state index in [0.29, 0.717) is 10.6 Å². The van der Waals surface area contributed by atoms with E-state index in [1.807, 2.05) is 0 Å². The van der Waals surface area contributed by atoms with Gasteiger partial charge in [0.1, 0.15) is 5.82 Å². The Hall–Kier alpha value is -1.35. The second-order valence-corrected chi connectivity index (χ2v) is 2.74. The Morgan fingerprint density at radius 1 is 1.54 bits per heavy atom. The van der Waals surface area contributed by atoms with Crippen molar-refractivity contribution in [2.75, 3.05) is 0 Å². The van der Waals surface area contributed by atoms with Crippen LogP contribution in [0.1, 0.15) is 5.56 Å². The quantitative estimate of drug-likeness (QED) is 0.745. The van der Waals surface area contributed by atoms with Crippen LogP contribution < -0.4 is 0 Å². The fourth-order valence-electron chi connectivity index (χ4n) is 0.803. The zero-order valence-electron chi connectivity index (χ0n) is 6.50. The summed E-state index contributed by atoms with van der Waals surface area (Å²) in [5.41, 5.74) is 0.351. The van der Waals surface area contributed by atoms with Crippen molar-refractivity contribution >= 4 is 23.6 Å². The molecule has 1 aromatic rings. The van der Waals surface area contributed by atoms with Crippen LogP contribution in [0, 0.1) is 5.82 Å². The third-order valence-corrected chi connectivity index (χ3v) is 1.71. The topological polar surface area (TPSA) is 37.3 Å². The van der Waals surface area contributed by atoms with E-state index < -0.39 is 11.8 Å². The van der Waals surface area contributed by atoms with Crippen molar-refractivity contribution in [3.05, 3.63) is 40.7 Å². The van der Waals surface area contributed by atoms with E-state index in [-0.39, 0.29) is 0 Å². The van der Waals surface area contributed by atoms with Crippen molar-refractivity contribution in [1.82, 2.24) is 0 Å². The van der Waals surface area contributed by atoms with Crippen LogP contribution in [-0.4, -0.2) is 11.1 Å². The first kappa shape index (κ1) is 9.74. The van der Waals surface area contributed by atoms with Crippen molar-refractivity contribution in [1.29, 1.82) is 0 Å². The smallest absolute Gasteiger partial charge is 0.328 e. The Kier molecular flexibility index (Phi) is 3.03. The Balaban J connectivity index is 3.00. The molecule has 0 aliphatic rings. The van der Waals surface area contributed by atoms with E-state index in [1.165, 1.54) is 24.3 Å². The Morgan fingerprint density at radius 3 is 2.85 bits per heavy atom. The van der Waals surface area contributed by atoms with Crippen LogP contribution in [0.4, 0.5) is 4.39 Å². The molecule has 0 aromatic heterocycles. The summed E-state index contributed by atoms with van der Waals surface area (Å²) in [7, 11) is 0. The number of carboxylic acid groups (broad SMARTS) is 1. The van der Waals surface area contributed by atoms with Crippen molar-refractivity contribution in [2.45, 2.75) is 0 Å². The lowest BCUT2D eigenvalue weighted by molar-refractivity contribution is -0.131. The number of hydrogen-bond donors (Lipinski definition) is 1. The standard InChI is InChI=1S/C9H6ClFO2/c10-8-3-2-7(11)5-6(8)1-4-9(12)13/h1-5H,(H,12,13). The summed E-state index contributed by atoms with van der Waals surface area (Å²) in [6, 6.07) is 3.75. The zero-order chi connectivity index (χ0) is 9.84. The second kappa shape index (κ2) is 4.05. The molecular formula is C9H6ClFO2. The maximum absolute atomic E-state index is 12.6. The minimum absolute atomic E-state index is 0.318. The molecule has 0 fully saturated rings. The number of benzene rings is 1. The Labute approximate surface area is 79.3 Å². The zero-order valence-corrected chi connectivity index (χ0v) is 7.25. The highest BCUT2D eigenvalue weighted by molar-refractivity contribution is 6.32. The molecule has 0 saturated carbocycles. The minimum atomic E-state index is -1.10. The van der Waals surface area contributed by atoms with Crippen LogP contribution in [-0.2, 0) is 4.79 Å². The molecule has 2 nitrogen and oxygen atoms in total. The molecule has 4 heteroatoms. The van der Waals surface area contributed by atoms with Crippen LogP contribution in [0.25, 0.3) is 6.08 Å². The van der Waals surface area contributed by atoms with Gasteiger partial charge in [0.2, 0.25) is 0 Å². The number of rotatable bonds is 2. The summed E-state index contributed by atoms with van der Waals surface area (Å²) in [5.74, 6) is -1.55. The molecule has 1 aromatic carbocycles. The van der Waals surface area contributed by atoms with Gasteiger partial charge in [0.25, 0.3) is 0 Å². The highest BCUT2D eigenvalue weighted by Crippen LogP contribution is 2.18. The SMILES string of the molecule is O=C(O)C=Cc1cc(F)ccc1Cl. The first-order valence-electron chi connectivity index (χ1n) is 3.45. The molecule has 1 rings (SSSR count). The molecule has 0 heterocycles. The van der Waals surface area contributed by atoms with Gasteiger partial charge in [-0.15, -0.1) is 0 Å². The number of carboxylic acids is 1. The number of hydrogen-bond acceptors (Lipinski definition) is 1. The Bertz CT molecular complexity index is 361. The summed E-state index contributed by atoms with van der Waals surface area (Å²) in [5, 5.41) is 8.63. The van der Waals surface area contributed by atoms with Crippen LogP contribution in [0.15, 0.2) is 24.3 Å². The van der Waals surface area contributed by atoms with Gasteiger partial charge in [0.15, 0.2) is 0 Å². The summed E-state index contributed by atoms with van der Waals surface area (Å²) in [6.45, 7) is 0. The van der Waals surface area contributed by atoms with Gasteiger partial charge < -0.3 is 5.11 Å². The first-order chi connectivity index (χ1) is 6.09. The van der Waals surface area contributed by atoms with E-state index in [0.717, 1.165) is 6.08 Å². The van der Waals surface area contributed by atoms with Gasteiger partial charge in [-0.2, -0.15) is 0 Å². The van der Waals surface area contributed by atoms with Crippen LogP contribution in [0.3, 0.4) is 0 Å². The van der Waals surface area contributed by atoms with Gasteiger partial charge in [0, 0.05) is 11.1 Å². The average Bonchev–Trinajstić information content (AvgIpc) is 2.06. The van der Waals surface area contributed by atoms with Gasteiger partial charge in [-0.3, -0.25) is 0 Å². The highest BCUT2D eigenvalue weighted by Gasteiger charge is 1.98. The van der Waals surface area contributed by atoms with E-state index >= 15 is 0 Å². The molecule has 0 amide bonds. The summed E-state index contributed by atoms with van der Waals surface area (Å²) in [6.07, 6.45) is 2.15. The first-order valence-corrected chi connectivity index (χ1v) is 3.83. The summed E-state index contributed by atoms with van der Waals surface area (Å²) < 4.78 is 12.6. The summed E-state index contributed by atoms with van der Waals surface area (Å²) >= 11 is 5.67. The van der Waals surface area contributed by atoms with Gasteiger partial charge in [0.05, 0.1) is 0 Å². The average molecular weight is 201 g/mol. The highest BCUT2D eigenvalue weighted by atomic mass is 35.5. The van der Waals surface area contributed by atoms with Gasteiger partial charge in [-0.25, -0.2) is 9.18 Å². The third-order valence-electron chi connectivity index (χ3n) is 1.36. The predicted molar refractivity (Wildman–Crippen MR) is 48.1 cm³/mol. The van der Waals surface area contributed by atoms with Crippen molar-refractivity contribution in [2.24, 2.45) is 0 Å². The lowest BCUT2D eigenvalue weighted by atomic mass is 10.2. The maximum atomic E-state index is 12.6. The third kappa shape index (κ3) is 2.87. The number of carbonyl (C=O) groups is 1. The van der Waals surface area contributed by atoms with Gasteiger partial charge in [-0.05, 0) is 29.8 Å². The van der Waals surface area contributed by atoms with Gasteiger partial charge in [-0.1, -0.05) is 11.6 Å². The molecule has 0 atom stereocenters. The minimum Gasteiger partial charge on any atom is -0.478 e. The van der Waals surface area contributed by atoms with Crippen molar-refractivity contribution in [3.63, 3.8) is 0 Å². The molecule has 1 N–H and O–H groups in total. The molecule has 68 valence electrons. The Morgan fingerprint density at radius 2 is 2.23 bits per heavy atom. The predicted octanol–water partition coefficient (Wildman–Crippen LogP) is 2.58. The molecule has 0 bridgehead atoms. The molecule has 0 aliphatic heterocycles. The molecule has 13 heavy (non-hydrogen) atoms. The fourth-order valence-corrected chi connectivity index (χ4v) is 0.984. The lowest BCUT2D eigenvalue weighted by Gasteiger charge is -1.96.